The molecule has 3 rings (SSSR count). The fourth-order valence-electron chi connectivity index (χ4n) is 3.53. The van der Waals surface area contributed by atoms with Gasteiger partial charge in [0, 0.05) is 31.7 Å². The van der Waals surface area contributed by atoms with E-state index in [0.717, 1.165) is 56.7 Å². The average molecular weight is 336 g/mol. The topological polar surface area (TPSA) is 23.6 Å². The van der Waals surface area contributed by atoms with Crippen molar-refractivity contribution in [2.24, 2.45) is 0 Å². The van der Waals surface area contributed by atoms with E-state index in [2.05, 4.69) is 42.2 Å². The van der Waals surface area contributed by atoms with Crippen LogP contribution >= 0.6 is 0 Å². The first kappa shape index (κ1) is 17.7. The van der Waals surface area contributed by atoms with Crippen LogP contribution in [0.25, 0.3) is 0 Å². The SMILES string of the molecule is CCCN1CCN(C(=O)c2ccccc2CCc2ccccc2)CC1. The lowest BCUT2D eigenvalue weighted by Gasteiger charge is -2.35. The third-order valence-corrected chi connectivity index (χ3v) is 4.97. The zero-order valence-corrected chi connectivity index (χ0v) is 15.2. The maximum atomic E-state index is 13.0. The van der Waals surface area contributed by atoms with Crippen LogP contribution in [0.1, 0.15) is 34.8 Å². The lowest BCUT2D eigenvalue weighted by atomic mass is 9.99. The molecular weight excluding hydrogens is 308 g/mol. The highest BCUT2D eigenvalue weighted by molar-refractivity contribution is 5.95. The minimum atomic E-state index is 0.194. The van der Waals surface area contributed by atoms with Crippen molar-refractivity contribution < 1.29 is 4.79 Å². The summed E-state index contributed by atoms with van der Waals surface area (Å²) in [5, 5.41) is 0. The van der Waals surface area contributed by atoms with Gasteiger partial charge in [0.15, 0.2) is 0 Å². The third kappa shape index (κ3) is 4.70. The highest BCUT2D eigenvalue weighted by atomic mass is 16.2. The Kier molecular flexibility index (Phi) is 6.24. The zero-order valence-electron chi connectivity index (χ0n) is 15.2. The van der Waals surface area contributed by atoms with Crippen LogP contribution in [-0.4, -0.2) is 48.4 Å². The molecule has 0 radical (unpaired) electrons. The lowest BCUT2D eigenvalue weighted by molar-refractivity contribution is 0.0636. The number of rotatable bonds is 6. The smallest absolute Gasteiger partial charge is 0.254 e. The summed E-state index contributed by atoms with van der Waals surface area (Å²) >= 11 is 0. The second-order valence-corrected chi connectivity index (χ2v) is 6.78. The van der Waals surface area contributed by atoms with Gasteiger partial charge in [-0.05, 0) is 43.0 Å². The van der Waals surface area contributed by atoms with Crippen molar-refractivity contribution in [1.29, 1.82) is 0 Å². The minimum absolute atomic E-state index is 0.194. The van der Waals surface area contributed by atoms with Crippen LogP contribution in [0.3, 0.4) is 0 Å². The molecule has 1 aliphatic rings. The molecule has 0 saturated carbocycles. The van der Waals surface area contributed by atoms with Crippen molar-refractivity contribution in [3.63, 3.8) is 0 Å². The van der Waals surface area contributed by atoms with Crippen LogP contribution in [0, 0.1) is 0 Å². The summed E-state index contributed by atoms with van der Waals surface area (Å²) in [5.74, 6) is 0.194. The van der Waals surface area contributed by atoms with Gasteiger partial charge in [0.1, 0.15) is 0 Å². The summed E-state index contributed by atoms with van der Waals surface area (Å²) in [6.07, 6.45) is 3.05. The van der Waals surface area contributed by atoms with E-state index in [4.69, 9.17) is 0 Å². The molecule has 132 valence electrons. The van der Waals surface area contributed by atoms with Gasteiger partial charge in [-0.1, -0.05) is 55.5 Å². The molecule has 1 aliphatic heterocycles. The van der Waals surface area contributed by atoms with Crippen LogP contribution in [0.15, 0.2) is 54.6 Å². The van der Waals surface area contributed by atoms with Crippen LogP contribution in [0.4, 0.5) is 0 Å². The number of amides is 1. The van der Waals surface area contributed by atoms with Crippen molar-refractivity contribution in [3.05, 3.63) is 71.3 Å². The Morgan fingerprint density at radius 1 is 0.880 bits per heavy atom. The largest absolute Gasteiger partial charge is 0.336 e. The molecular formula is C22H28N2O. The molecule has 0 atom stereocenters. The van der Waals surface area contributed by atoms with Gasteiger partial charge in [0.2, 0.25) is 0 Å². The number of hydrogen-bond donors (Lipinski definition) is 0. The highest BCUT2D eigenvalue weighted by Crippen LogP contribution is 2.16. The van der Waals surface area contributed by atoms with Gasteiger partial charge in [-0.25, -0.2) is 0 Å². The van der Waals surface area contributed by atoms with Crippen LogP contribution < -0.4 is 0 Å². The molecule has 1 fully saturated rings. The first-order valence-corrected chi connectivity index (χ1v) is 9.41. The summed E-state index contributed by atoms with van der Waals surface area (Å²) in [7, 11) is 0. The molecule has 1 amide bonds. The molecule has 25 heavy (non-hydrogen) atoms. The number of hydrogen-bond acceptors (Lipinski definition) is 2. The average Bonchev–Trinajstić information content (AvgIpc) is 2.68. The molecule has 0 N–H and O–H groups in total. The van der Waals surface area contributed by atoms with E-state index in [0.29, 0.717) is 0 Å². The molecule has 0 spiro atoms. The van der Waals surface area contributed by atoms with Crippen molar-refractivity contribution >= 4 is 5.91 Å². The fourth-order valence-corrected chi connectivity index (χ4v) is 3.53. The first-order valence-electron chi connectivity index (χ1n) is 9.41. The Morgan fingerprint density at radius 2 is 1.56 bits per heavy atom. The van der Waals surface area contributed by atoms with Crippen molar-refractivity contribution in [2.75, 3.05) is 32.7 Å². The van der Waals surface area contributed by atoms with E-state index in [1.165, 1.54) is 12.0 Å². The standard InChI is InChI=1S/C22H28N2O/c1-2-14-23-15-17-24(18-16-23)22(25)21-11-7-6-10-20(21)13-12-19-8-4-3-5-9-19/h3-11H,2,12-18H2,1H3. The van der Waals surface area contributed by atoms with E-state index in [1.54, 1.807) is 0 Å². The zero-order chi connectivity index (χ0) is 17.5. The van der Waals surface area contributed by atoms with Gasteiger partial charge in [-0.15, -0.1) is 0 Å². The minimum Gasteiger partial charge on any atom is -0.336 e. The molecule has 0 aromatic heterocycles. The third-order valence-electron chi connectivity index (χ3n) is 4.97. The summed E-state index contributed by atoms with van der Waals surface area (Å²) in [5.41, 5.74) is 3.35. The van der Waals surface area contributed by atoms with Crippen LogP contribution in [0.5, 0.6) is 0 Å². The maximum absolute atomic E-state index is 13.0. The number of carbonyl (C=O) groups is 1. The van der Waals surface area contributed by atoms with Gasteiger partial charge in [0.05, 0.1) is 0 Å². The van der Waals surface area contributed by atoms with Crippen molar-refractivity contribution in [1.82, 2.24) is 9.80 Å². The Labute approximate surface area is 151 Å². The van der Waals surface area contributed by atoms with Crippen LogP contribution in [0.2, 0.25) is 0 Å². The molecule has 2 aromatic carbocycles. The van der Waals surface area contributed by atoms with Gasteiger partial charge >= 0.3 is 0 Å². The Morgan fingerprint density at radius 3 is 2.28 bits per heavy atom. The number of piperazine rings is 1. The maximum Gasteiger partial charge on any atom is 0.254 e. The van der Waals surface area contributed by atoms with Gasteiger partial charge in [0.25, 0.3) is 5.91 Å². The Bertz CT molecular complexity index is 675. The Hall–Kier alpha value is -2.13. The van der Waals surface area contributed by atoms with E-state index in [-0.39, 0.29) is 5.91 Å². The van der Waals surface area contributed by atoms with E-state index >= 15 is 0 Å². The molecule has 0 aliphatic carbocycles. The molecule has 2 aromatic rings. The van der Waals surface area contributed by atoms with Crippen LogP contribution in [-0.2, 0) is 12.8 Å². The van der Waals surface area contributed by atoms with Gasteiger partial charge < -0.3 is 4.90 Å². The van der Waals surface area contributed by atoms with Crippen molar-refractivity contribution in [3.8, 4) is 0 Å². The highest BCUT2D eigenvalue weighted by Gasteiger charge is 2.23. The fraction of sp³-hybridized carbons (Fsp3) is 0.409. The number of nitrogens with zero attached hydrogens (tertiary/aromatic N) is 2. The predicted octanol–water partition coefficient (Wildman–Crippen LogP) is 3.64. The molecule has 0 bridgehead atoms. The second-order valence-electron chi connectivity index (χ2n) is 6.78. The molecule has 1 heterocycles. The number of carbonyl (C=O) groups excluding carboxylic acids is 1. The number of aryl methyl sites for hydroxylation is 2. The Balaban J connectivity index is 1.65. The normalized spacial score (nSPS) is 15.3. The summed E-state index contributed by atoms with van der Waals surface area (Å²) in [6, 6.07) is 18.6. The molecule has 0 unspecified atom stereocenters. The van der Waals surface area contributed by atoms with Gasteiger partial charge in [-0.2, -0.15) is 0 Å². The predicted molar refractivity (Wildman–Crippen MR) is 103 cm³/mol. The summed E-state index contributed by atoms with van der Waals surface area (Å²) < 4.78 is 0. The van der Waals surface area contributed by atoms with Gasteiger partial charge in [-0.3, -0.25) is 9.69 Å². The summed E-state index contributed by atoms with van der Waals surface area (Å²) in [4.78, 5) is 17.5. The van der Waals surface area contributed by atoms with Crippen molar-refractivity contribution in [2.45, 2.75) is 26.2 Å². The molecule has 3 heteroatoms. The molecule has 3 nitrogen and oxygen atoms in total. The second kappa shape index (κ2) is 8.82. The first-order chi connectivity index (χ1) is 12.3. The molecule has 1 saturated heterocycles. The number of benzene rings is 2. The quantitative estimate of drug-likeness (QED) is 0.804. The van der Waals surface area contributed by atoms with E-state index < -0.39 is 0 Å². The summed E-state index contributed by atoms with van der Waals surface area (Å²) in [6.45, 7) is 7.01. The van der Waals surface area contributed by atoms with E-state index in [9.17, 15) is 4.79 Å². The lowest BCUT2D eigenvalue weighted by Crippen LogP contribution is -2.48. The van der Waals surface area contributed by atoms with E-state index in [1.807, 2.05) is 29.2 Å². The monoisotopic (exact) mass is 336 g/mol.